The predicted molar refractivity (Wildman–Crippen MR) is 110 cm³/mol. The number of nitrogens with two attached hydrogens (primary N) is 2. The Balaban J connectivity index is 1.60. The number of aliphatic imine (C=N–C) groups is 1. The van der Waals surface area contributed by atoms with Gasteiger partial charge in [-0.25, -0.2) is 15.0 Å². The van der Waals surface area contributed by atoms with Gasteiger partial charge in [-0.05, 0) is 36.6 Å². The van der Waals surface area contributed by atoms with E-state index in [0.717, 1.165) is 36.1 Å². The Morgan fingerprint density at radius 3 is 2.31 bits per heavy atom. The molecule has 146 valence electrons. The van der Waals surface area contributed by atoms with Crippen LogP contribution in [0.1, 0.15) is 35.2 Å². The maximum absolute atomic E-state index is 12.5. The first kappa shape index (κ1) is 18.9. The maximum Gasteiger partial charge on any atom is 0.280 e. The number of pyridine rings is 2. The lowest BCUT2D eigenvalue weighted by Crippen LogP contribution is -2.47. The van der Waals surface area contributed by atoms with E-state index in [1.54, 1.807) is 30.7 Å². The molecule has 0 aromatic carbocycles. The number of carbonyl (C=O) groups excluding carboxylic acids is 1. The Morgan fingerprint density at radius 2 is 1.76 bits per heavy atom. The summed E-state index contributed by atoms with van der Waals surface area (Å²) in [5.74, 6) is 0.0546. The van der Waals surface area contributed by atoms with Gasteiger partial charge in [-0.3, -0.25) is 9.78 Å². The van der Waals surface area contributed by atoms with Crippen molar-refractivity contribution < 1.29 is 4.79 Å². The highest BCUT2D eigenvalue weighted by Crippen LogP contribution is 2.44. The van der Waals surface area contributed by atoms with E-state index in [9.17, 15) is 4.79 Å². The molecule has 0 radical (unpaired) electrons. The van der Waals surface area contributed by atoms with Gasteiger partial charge in [0.1, 0.15) is 11.0 Å². The van der Waals surface area contributed by atoms with Crippen LogP contribution in [0.15, 0.2) is 54.0 Å². The summed E-state index contributed by atoms with van der Waals surface area (Å²) < 4.78 is 0. The standard InChI is InChI=1S/C20H18ClN7O/c21-16-5-2-12(8-25-16)17(29)28-18(22)20(6-1-7-20)14-3-4-15(24-11-14)13-9-26-19(23)27-10-13/h2-5,8-11H,1,6-7H2,(H2,22,28,29)(H2,23,26,27). The molecule has 0 saturated heterocycles. The van der Waals surface area contributed by atoms with Gasteiger partial charge in [0.2, 0.25) is 5.95 Å². The van der Waals surface area contributed by atoms with Crippen molar-refractivity contribution in [1.82, 2.24) is 19.9 Å². The summed E-state index contributed by atoms with van der Waals surface area (Å²) in [6.07, 6.45) is 9.01. The molecule has 3 aromatic rings. The second kappa shape index (κ2) is 7.56. The van der Waals surface area contributed by atoms with Crippen molar-refractivity contribution in [3.63, 3.8) is 0 Å². The van der Waals surface area contributed by atoms with E-state index in [1.165, 1.54) is 6.20 Å². The summed E-state index contributed by atoms with van der Waals surface area (Å²) in [6.45, 7) is 0. The van der Waals surface area contributed by atoms with E-state index in [1.807, 2.05) is 12.1 Å². The minimum Gasteiger partial charge on any atom is -0.386 e. The molecule has 0 spiro atoms. The molecular formula is C20H18ClN7O. The molecule has 4 N–H and O–H groups in total. The van der Waals surface area contributed by atoms with Crippen LogP contribution >= 0.6 is 11.6 Å². The molecule has 1 fully saturated rings. The first-order valence-corrected chi connectivity index (χ1v) is 9.41. The normalized spacial score (nSPS) is 15.6. The smallest absolute Gasteiger partial charge is 0.280 e. The van der Waals surface area contributed by atoms with Crippen LogP contribution in [0, 0.1) is 0 Å². The van der Waals surface area contributed by atoms with Crippen LogP contribution < -0.4 is 11.5 Å². The van der Waals surface area contributed by atoms with Crippen molar-refractivity contribution in [2.24, 2.45) is 10.7 Å². The first-order valence-electron chi connectivity index (χ1n) is 9.03. The Bertz CT molecular complexity index is 1060. The largest absolute Gasteiger partial charge is 0.386 e. The van der Waals surface area contributed by atoms with E-state index < -0.39 is 11.3 Å². The van der Waals surface area contributed by atoms with Gasteiger partial charge in [-0.15, -0.1) is 0 Å². The number of halogens is 1. The molecule has 0 bridgehead atoms. The van der Waals surface area contributed by atoms with Crippen molar-refractivity contribution in [1.29, 1.82) is 0 Å². The molecule has 0 atom stereocenters. The number of anilines is 1. The molecule has 0 unspecified atom stereocenters. The molecule has 3 aromatic heterocycles. The topological polar surface area (TPSA) is 133 Å². The fourth-order valence-corrected chi connectivity index (χ4v) is 3.44. The molecule has 9 heteroatoms. The fourth-order valence-electron chi connectivity index (χ4n) is 3.32. The molecule has 1 aliphatic carbocycles. The molecular weight excluding hydrogens is 390 g/mol. The van der Waals surface area contributed by atoms with E-state index in [0.29, 0.717) is 10.7 Å². The van der Waals surface area contributed by atoms with Crippen molar-refractivity contribution >= 4 is 29.3 Å². The summed E-state index contributed by atoms with van der Waals surface area (Å²) in [6, 6.07) is 6.95. The van der Waals surface area contributed by atoms with Crippen LogP contribution in [-0.2, 0) is 5.41 Å². The third-order valence-corrected chi connectivity index (χ3v) is 5.40. The lowest BCUT2D eigenvalue weighted by molar-refractivity contribution is 0.100. The number of hydrogen-bond donors (Lipinski definition) is 2. The van der Waals surface area contributed by atoms with Crippen LogP contribution in [0.5, 0.6) is 0 Å². The molecule has 0 aliphatic heterocycles. The SMILES string of the molecule is NC(=NC(=O)c1ccc(Cl)nc1)C1(c2ccc(-c3cnc(N)nc3)nc2)CCC1. The van der Waals surface area contributed by atoms with Crippen molar-refractivity contribution in [2.75, 3.05) is 5.73 Å². The second-order valence-electron chi connectivity index (χ2n) is 6.87. The third kappa shape index (κ3) is 3.66. The zero-order valence-electron chi connectivity index (χ0n) is 15.4. The Hall–Kier alpha value is -3.39. The van der Waals surface area contributed by atoms with E-state index in [-0.39, 0.29) is 11.8 Å². The zero-order chi connectivity index (χ0) is 20.4. The van der Waals surface area contributed by atoms with Crippen molar-refractivity contribution in [3.8, 4) is 11.3 Å². The quantitative estimate of drug-likeness (QED) is 0.386. The molecule has 3 heterocycles. The highest BCUT2D eigenvalue weighted by Gasteiger charge is 2.43. The van der Waals surface area contributed by atoms with Gasteiger partial charge in [0.25, 0.3) is 5.91 Å². The van der Waals surface area contributed by atoms with Crippen molar-refractivity contribution in [3.05, 3.63) is 65.3 Å². The Morgan fingerprint density at radius 1 is 1.00 bits per heavy atom. The number of rotatable bonds is 4. The lowest BCUT2D eigenvalue weighted by atomic mass is 9.64. The van der Waals surface area contributed by atoms with E-state index >= 15 is 0 Å². The number of nitrogen functional groups attached to an aromatic ring is 1. The molecule has 1 aliphatic rings. The third-order valence-electron chi connectivity index (χ3n) is 5.18. The summed E-state index contributed by atoms with van der Waals surface area (Å²) in [4.78, 5) is 33.0. The minimum atomic E-state index is -0.487. The lowest BCUT2D eigenvalue weighted by Gasteiger charge is -2.41. The molecule has 8 nitrogen and oxygen atoms in total. The Kier molecular flexibility index (Phi) is 4.94. The highest BCUT2D eigenvalue weighted by atomic mass is 35.5. The monoisotopic (exact) mass is 407 g/mol. The minimum absolute atomic E-state index is 0.211. The van der Waals surface area contributed by atoms with Gasteiger partial charge in [0.05, 0.1) is 16.7 Å². The molecule has 1 amide bonds. The van der Waals surface area contributed by atoms with Gasteiger partial charge in [0, 0.05) is 30.4 Å². The average Bonchev–Trinajstić information content (AvgIpc) is 2.69. The van der Waals surface area contributed by atoms with Crippen LogP contribution in [0.3, 0.4) is 0 Å². The first-order chi connectivity index (χ1) is 14.0. The van der Waals surface area contributed by atoms with Gasteiger partial charge in [0.15, 0.2) is 0 Å². The number of amidine groups is 1. The number of nitrogens with zero attached hydrogens (tertiary/aromatic N) is 5. The average molecular weight is 408 g/mol. The summed E-state index contributed by atoms with van der Waals surface area (Å²) >= 11 is 5.77. The molecule has 4 rings (SSSR count). The van der Waals surface area contributed by atoms with Gasteiger partial charge >= 0.3 is 0 Å². The van der Waals surface area contributed by atoms with Gasteiger partial charge in [-0.1, -0.05) is 24.1 Å². The van der Waals surface area contributed by atoms with Crippen LogP contribution in [0.25, 0.3) is 11.3 Å². The number of amides is 1. The Labute approximate surface area is 172 Å². The highest BCUT2D eigenvalue weighted by molar-refractivity contribution is 6.29. The van der Waals surface area contributed by atoms with Crippen LogP contribution in [-0.4, -0.2) is 31.7 Å². The van der Waals surface area contributed by atoms with Crippen molar-refractivity contribution in [2.45, 2.75) is 24.7 Å². The van der Waals surface area contributed by atoms with Gasteiger partial charge in [-0.2, -0.15) is 4.99 Å². The predicted octanol–water partition coefficient (Wildman–Crippen LogP) is 2.79. The summed E-state index contributed by atoms with van der Waals surface area (Å²) in [7, 11) is 0. The summed E-state index contributed by atoms with van der Waals surface area (Å²) in [5, 5.41) is 0.312. The molecule has 29 heavy (non-hydrogen) atoms. The van der Waals surface area contributed by atoms with E-state index in [4.69, 9.17) is 23.1 Å². The number of aromatic nitrogens is 4. The van der Waals surface area contributed by atoms with Gasteiger partial charge < -0.3 is 11.5 Å². The zero-order valence-corrected chi connectivity index (χ0v) is 16.2. The number of carbonyl (C=O) groups is 1. The fraction of sp³-hybridized carbons (Fsp3) is 0.200. The van der Waals surface area contributed by atoms with Crippen LogP contribution in [0.2, 0.25) is 5.15 Å². The number of hydrogen-bond acceptors (Lipinski definition) is 6. The van der Waals surface area contributed by atoms with E-state index in [2.05, 4.69) is 24.9 Å². The summed E-state index contributed by atoms with van der Waals surface area (Å²) in [5.41, 5.74) is 14.1. The van der Waals surface area contributed by atoms with Crippen LogP contribution in [0.4, 0.5) is 5.95 Å². The molecule has 1 saturated carbocycles. The maximum atomic E-state index is 12.5. The second-order valence-corrected chi connectivity index (χ2v) is 7.26.